The molecule has 23 heavy (non-hydrogen) atoms. The summed E-state index contributed by atoms with van der Waals surface area (Å²) in [4.78, 5) is 18.9. The molecule has 0 radical (unpaired) electrons. The molecule has 114 valence electrons. The van der Waals surface area contributed by atoms with Gasteiger partial charge in [0.25, 0.3) is 5.56 Å². The fraction of sp³-hybridized carbons (Fsp3) is 0.0556. The van der Waals surface area contributed by atoms with E-state index in [1.54, 1.807) is 0 Å². The van der Waals surface area contributed by atoms with Crippen LogP contribution in [0.5, 0.6) is 0 Å². The van der Waals surface area contributed by atoms with Crippen LogP contribution in [0.1, 0.15) is 12.5 Å². The van der Waals surface area contributed by atoms with E-state index in [1.807, 2.05) is 67.6 Å². The van der Waals surface area contributed by atoms with Gasteiger partial charge in [-0.1, -0.05) is 60.7 Å². The maximum atomic E-state index is 11.8. The molecule has 0 saturated heterocycles. The highest BCUT2D eigenvalue weighted by Gasteiger charge is 2.03. The third-order valence-corrected chi connectivity index (χ3v) is 3.33. The zero-order valence-corrected chi connectivity index (χ0v) is 12.7. The predicted octanol–water partition coefficient (Wildman–Crippen LogP) is 3.27. The zero-order chi connectivity index (χ0) is 16.1. The van der Waals surface area contributed by atoms with Crippen LogP contribution in [0.3, 0.4) is 0 Å². The lowest BCUT2D eigenvalue weighted by Crippen LogP contribution is -2.11. The fourth-order valence-corrected chi connectivity index (χ4v) is 2.15. The second-order valence-electron chi connectivity index (χ2n) is 5.02. The number of hydrogen-bond acceptors (Lipinski definition) is 4. The first-order valence-corrected chi connectivity index (χ1v) is 7.25. The standard InChI is InChI=1S/C18H16N4O/c1-13(14-8-4-2-5-9-14)21-22-18-19-16(12-17(23)20-18)15-10-6-3-7-11-15/h2-12H,1H3,(H2,19,20,22,23)/b21-13-. The quantitative estimate of drug-likeness (QED) is 0.574. The van der Waals surface area contributed by atoms with E-state index >= 15 is 0 Å². The van der Waals surface area contributed by atoms with Crippen molar-refractivity contribution in [2.45, 2.75) is 6.92 Å². The summed E-state index contributed by atoms with van der Waals surface area (Å²) in [5.41, 5.74) is 5.87. The molecule has 0 aliphatic rings. The summed E-state index contributed by atoms with van der Waals surface area (Å²) in [6.45, 7) is 1.89. The summed E-state index contributed by atoms with van der Waals surface area (Å²) in [7, 11) is 0. The van der Waals surface area contributed by atoms with E-state index in [1.165, 1.54) is 6.07 Å². The lowest BCUT2D eigenvalue weighted by atomic mass is 10.1. The topological polar surface area (TPSA) is 70.1 Å². The van der Waals surface area contributed by atoms with Crippen LogP contribution < -0.4 is 11.0 Å². The summed E-state index contributed by atoms with van der Waals surface area (Å²) < 4.78 is 0. The molecule has 0 amide bonds. The predicted molar refractivity (Wildman–Crippen MR) is 92.6 cm³/mol. The van der Waals surface area contributed by atoms with Gasteiger partial charge in [-0.15, -0.1) is 0 Å². The van der Waals surface area contributed by atoms with Gasteiger partial charge in [0, 0.05) is 11.6 Å². The van der Waals surface area contributed by atoms with E-state index in [0.29, 0.717) is 11.6 Å². The van der Waals surface area contributed by atoms with Gasteiger partial charge in [0.1, 0.15) is 0 Å². The number of nitrogens with one attached hydrogen (secondary N) is 2. The minimum absolute atomic E-state index is 0.228. The lowest BCUT2D eigenvalue weighted by molar-refractivity contribution is 1.08. The lowest BCUT2D eigenvalue weighted by Gasteiger charge is -2.05. The van der Waals surface area contributed by atoms with Crippen molar-refractivity contribution in [3.05, 3.63) is 82.6 Å². The second kappa shape index (κ2) is 6.70. The van der Waals surface area contributed by atoms with Crippen molar-refractivity contribution >= 4 is 11.7 Å². The molecular formula is C18H16N4O. The molecule has 1 heterocycles. The molecule has 2 N–H and O–H groups in total. The number of rotatable bonds is 4. The van der Waals surface area contributed by atoms with Gasteiger partial charge in [0.2, 0.25) is 5.95 Å². The first kappa shape index (κ1) is 14.7. The number of anilines is 1. The van der Waals surface area contributed by atoms with Crippen LogP contribution in [0, 0.1) is 0 Å². The molecule has 0 fully saturated rings. The number of aromatic amines is 1. The van der Waals surface area contributed by atoms with E-state index in [2.05, 4.69) is 20.5 Å². The Morgan fingerprint density at radius 2 is 1.70 bits per heavy atom. The Kier molecular flexibility index (Phi) is 4.29. The molecule has 0 spiro atoms. The fourth-order valence-electron chi connectivity index (χ4n) is 2.15. The Labute approximate surface area is 133 Å². The first-order valence-electron chi connectivity index (χ1n) is 7.25. The molecule has 0 aliphatic heterocycles. The van der Waals surface area contributed by atoms with Crippen LogP contribution in [0.2, 0.25) is 0 Å². The Hall–Kier alpha value is -3.21. The number of benzene rings is 2. The molecule has 0 unspecified atom stereocenters. The van der Waals surface area contributed by atoms with Crippen molar-refractivity contribution in [2.24, 2.45) is 5.10 Å². The molecule has 3 aromatic rings. The van der Waals surface area contributed by atoms with Gasteiger partial charge in [0.05, 0.1) is 11.4 Å². The van der Waals surface area contributed by atoms with E-state index < -0.39 is 0 Å². The van der Waals surface area contributed by atoms with E-state index in [9.17, 15) is 4.79 Å². The molecule has 0 atom stereocenters. The summed E-state index contributed by atoms with van der Waals surface area (Å²) in [5, 5.41) is 4.27. The SMILES string of the molecule is C/C(=N/Nc1nc(-c2ccccc2)cc(=O)[nH]1)c1ccccc1. The summed E-state index contributed by atoms with van der Waals surface area (Å²) in [6, 6.07) is 20.8. The number of hydrogen-bond donors (Lipinski definition) is 2. The molecule has 0 bridgehead atoms. The molecule has 2 aromatic carbocycles. The molecule has 5 nitrogen and oxygen atoms in total. The van der Waals surface area contributed by atoms with Crippen molar-refractivity contribution in [1.82, 2.24) is 9.97 Å². The van der Waals surface area contributed by atoms with Crippen LogP contribution in [-0.4, -0.2) is 15.7 Å². The highest BCUT2D eigenvalue weighted by molar-refractivity contribution is 5.98. The first-order chi connectivity index (χ1) is 11.2. The molecule has 3 rings (SSSR count). The normalized spacial score (nSPS) is 11.3. The Morgan fingerprint density at radius 3 is 2.39 bits per heavy atom. The number of aromatic nitrogens is 2. The van der Waals surface area contributed by atoms with Gasteiger partial charge < -0.3 is 0 Å². The van der Waals surface area contributed by atoms with Gasteiger partial charge in [-0.25, -0.2) is 10.4 Å². The van der Waals surface area contributed by atoms with Crippen molar-refractivity contribution in [3.63, 3.8) is 0 Å². The average Bonchev–Trinajstić information content (AvgIpc) is 2.61. The molecule has 0 saturated carbocycles. The molecule has 1 aromatic heterocycles. The van der Waals surface area contributed by atoms with Crippen LogP contribution in [0.15, 0.2) is 76.6 Å². The third kappa shape index (κ3) is 3.71. The van der Waals surface area contributed by atoms with Crippen LogP contribution in [0.25, 0.3) is 11.3 Å². The van der Waals surface area contributed by atoms with E-state index in [0.717, 1.165) is 16.8 Å². The monoisotopic (exact) mass is 304 g/mol. The highest BCUT2D eigenvalue weighted by atomic mass is 16.1. The summed E-state index contributed by atoms with van der Waals surface area (Å²) >= 11 is 0. The van der Waals surface area contributed by atoms with Gasteiger partial charge >= 0.3 is 0 Å². The van der Waals surface area contributed by atoms with Crippen molar-refractivity contribution in [2.75, 3.05) is 5.43 Å². The van der Waals surface area contributed by atoms with Crippen LogP contribution in [-0.2, 0) is 0 Å². The summed E-state index contributed by atoms with van der Waals surface area (Å²) in [6.07, 6.45) is 0. The number of nitrogens with zero attached hydrogens (tertiary/aromatic N) is 2. The van der Waals surface area contributed by atoms with E-state index in [4.69, 9.17) is 0 Å². The third-order valence-electron chi connectivity index (χ3n) is 3.33. The van der Waals surface area contributed by atoms with Gasteiger partial charge in [-0.3, -0.25) is 9.78 Å². The maximum absolute atomic E-state index is 11.8. The van der Waals surface area contributed by atoms with Crippen LogP contribution >= 0.6 is 0 Å². The average molecular weight is 304 g/mol. The number of H-pyrrole nitrogens is 1. The van der Waals surface area contributed by atoms with Crippen molar-refractivity contribution in [1.29, 1.82) is 0 Å². The van der Waals surface area contributed by atoms with Crippen LogP contribution in [0.4, 0.5) is 5.95 Å². The Bertz CT molecular complexity index is 870. The van der Waals surface area contributed by atoms with Gasteiger partial charge in [-0.2, -0.15) is 5.10 Å². The maximum Gasteiger partial charge on any atom is 0.252 e. The van der Waals surface area contributed by atoms with E-state index in [-0.39, 0.29) is 5.56 Å². The van der Waals surface area contributed by atoms with Crippen molar-refractivity contribution in [3.8, 4) is 11.3 Å². The zero-order valence-electron chi connectivity index (χ0n) is 12.7. The molecular weight excluding hydrogens is 288 g/mol. The highest BCUT2D eigenvalue weighted by Crippen LogP contribution is 2.15. The molecule has 0 aliphatic carbocycles. The van der Waals surface area contributed by atoms with Gasteiger partial charge in [-0.05, 0) is 12.5 Å². The smallest absolute Gasteiger partial charge is 0.252 e. The Morgan fingerprint density at radius 1 is 1.04 bits per heavy atom. The molecule has 5 heteroatoms. The van der Waals surface area contributed by atoms with Gasteiger partial charge in [0.15, 0.2) is 0 Å². The largest absolute Gasteiger partial charge is 0.291 e. The summed E-state index contributed by atoms with van der Waals surface area (Å²) in [5.74, 6) is 0.312. The minimum Gasteiger partial charge on any atom is -0.291 e. The Balaban J connectivity index is 1.87. The number of hydrazone groups is 1. The minimum atomic E-state index is -0.228. The second-order valence-corrected chi connectivity index (χ2v) is 5.02. The van der Waals surface area contributed by atoms with Crippen molar-refractivity contribution < 1.29 is 0 Å².